The van der Waals surface area contributed by atoms with Crippen LogP contribution in [0.2, 0.25) is 0 Å². The van der Waals surface area contributed by atoms with E-state index in [2.05, 4.69) is 16.6 Å². The summed E-state index contributed by atoms with van der Waals surface area (Å²) in [6.07, 6.45) is 5.05. The fourth-order valence-corrected chi connectivity index (χ4v) is 1.26. The van der Waals surface area contributed by atoms with Crippen molar-refractivity contribution in [2.45, 2.75) is 19.4 Å². The maximum atomic E-state index is 11.3. The van der Waals surface area contributed by atoms with E-state index in [1.54, 1.807) is 0 Å². The Kier molecular flexibility index (Phi) is 6.42. The smallest absolute Gasteiger partial charge is 0.328 e. The predicted octanol–water partition coefficient (Wildman–Crippen LogP) is 0.515. The van der Waals surface area contributed by atoms with Crippen molar-refractivity contribution in [2.24, 2.45) is 0 Å². The number of terminal acetylenes is 1. The summed E-state index contributed by atoms with van der Waals surface area (Å²) in [6, 6.07) is -0.492. The zero-order valence-electron chi connectivity index (χ0n) is 9.37. The molecule has 0 radical (unpaired) electrons. The van der Waals surface area contributed by atoms with Crippen molar-refractivity contribution in [3.63, 3.8) is 0 Å². The number of nitrogens with one attached hydrogen (secondary N) is 2. The monoisotopic (exact) mass is 244 g/mol. The molecule has 0 aliphatic carbocycles. The molecule has 0 atom stereocenters. The quantitative estimate of drug-likeness (QED) is 0.470. The molecule has 0 saturated carbocycles. The molecule has 0 rings (SSSR count). The van der Waals surface area contributed by atoms with Crippen molar-refractivity contribution in [3.8, 4) is 12.3 Å². The normalized spacial score (nSPS) is 10.3. The molecule has 0 saturated heterocycles. The Bertz CT molecular complexity index is 297. The van der Waals surface area contributed by atoms with Gasteiger partial charge in [-0.2, -0.15) is 0 Å². The Morgan fingerprint density at radius 1 is 1.50 bits per heavy atom. The van der Waals surface area contributed by atoms with Crippen LogP contribution in [0.4, 0.5) is 4.79 Å². The standard InChI is InChI=1S/C10H16N2O3S/c1-4-6-16-7-5-11-9(15)12-10(2,3)8(13)14/h1H,5-7H2,2-3H3,(H,13,14)(H2,11,12,15). The van der Waals surface area contributed by atoms with E-state index in [0.29, 0.717) is 18.1 Å². The molecule has 6 heteroatoms. The van der Waals surface area contributed by atoms with E-state index in [1.165, 1.54) is 25.6 Å². The molecule has 0 spiro atoms. The van der Waals surface area contributed by atoms with Gasteiger partial charge < -0.3 is 15.7 Å². The number of carbonyl (C=O) groups is 2. The molecule has 0 bridgehead atoms. The summed E-state index contributed by atoms with van der Waals surface area (Å²) in [5.41, 5.74) is -1.27. The molecule has 5 nitrogen and oxygen atoms in total. The molecule has 3 N–H and O–H groups in total. The van der Waals surface area contributed by atoms with Crippen LogP contribution in [0.25, 0.3) is 0 Å². The summed E-state index contributed by atoms with van der Waals surface area (Å²) < 4.78 is 0. The van der Waals surface area contributed by atoms with Gasteiger partial charge in [0.25, 0.3) is 0 Å². The third-order valence-electron chi connectivity index (χ3n) is 1.68. The number of carboxylic acid groups (broad SMARTS) is 1. The first-order valence-electron chi connectivity index (χ1n) is 4.70. The van der Waals surface area contributed by atoms with Gasteiger partial charge in [-0.25, -0.2) is 9.59 Å². The number of thioether (sulfide) groups is 1. The van der Waals surface area contributed by atoms with Gasteiger partial charge in [0.05, 0.1) is 5.75 Å². The third kappa shape index (κ3) is 6.19. The number of urea groups is 1. The Balaban J connectivity index is 3.76. The van der Waals surface area contributed by atoms with Crippen LogP contribution >= 0.6 is 11.8 Å². The van der Waals surface area contributed by atoms with Crippen LogP contribution < -0.4 is 10.6 Å². The molecule has 0 aromatic heterocycles. The van der Waals surface area contributed by atoms with Gasteiger partial charge in [-0.3, -0.25) is 0 Å². The highest BCUT2D eigenvalue weighted by Crippen LogP contribution is 2.01. The van der Waals surface area contributed by atoms with Crippen LogP contribution in [0.5, 0.6) is 0 Å². The summed E-state index contributed by atoms with van der Waals surface area (Å²) in [5, 5.41) is 13.7. The predicted molar refractivity (Wildman–Crippen MR) is 64.4 cm³/mol. The molecule has 2 amide bonds. The molecule has 0 aliphatic heterocycles. The maximum absolute atomic E-state index is 11.3. The Morgan fingerprint density at radius 2 is 2.12 bits per heavy atom. The highest BCUT2D eigenvalue weighted by molar-refractivity contribution is 7.99. The number of aliphatic carboxylic acids is 1. The first-order chi connectivity index (χ1) is 7.40. The van der Waals surface area contributed by atoms with Gasteiger partial charge in [0.1, 0.15) is 5.54 Å². The van der Waals surface area contributed by atoms with E-state index < -0.39 is 17.5 Å². The van der Waals surface area contributed by atoms with Crippen LogP contribution in [-0.2, 0) is 4.79 Å². The Labute approximate surface area is 99.4 Å². The lowest BCUT2D eigenvalue weighted by Gasteiger charge is -2.21. The molecular weight excluding hydrogens is 228 g/mol. The molecule has 0 fully saturated rings. The zero-order valence-corrected chi connectivity index (χ0v) is 10.2. The summed E-state index contributed by atoms with van der Waals surface area (Å²) in [5.74, 6) is 2.69. The average Bonchev–Trinajstić information content (AvgIpc) is 2.16. The van der Waals surface area contributed by atoms with E-state index in [9.17, 15) is 9.59 Å². The van der Waals surface area contributed by atoms with Crippen LogP contribution in [-0.4, -0.2) is 40.7 Å². The van der Waals surface area contributed by atoms with Gasteiger partial charge in [-0.1, -0.05) is 5.92 Å². The molecule has 0 heterocycles. The van der Waals surface area contributed by atoms with Crippen molar-refractivity contribution >= 4 is 23.8 Å². The van der Waals surface area contributed by atoms with Crippen LogP contribution in [0, 0.1) is 12.3 Å². The molecule has 16 heavy (non-hydrogen) atoms. The minimum absolute atomic E-state index is 0.452. The van der Waals surface area contributed by atoms with Crippen LogP contribution in [0.1, 0.15) is 13.8 Å². The number of carboxylic acids is 1. The number of carbonyl (C=O) groups excluding carboxylic acids is 1. The van der Waals surface area contributed by atoms with Crippen molar-refractivity contribution in [3.05, 3.63) is 0 Å². The second kappa shape index (κ2) is 7.01. The highest BCUT2D eigenvalue weighted by atomic mass is 32.2. The van der Waals surface area contributed by atoms with E-state index in [-0.39, 0.29) is 0 Å². The molecule has 0 aromatic rings. The second-order valence-electron chi connectivity index (χ2n) is 3.57. The fraction of sp³-hybridized carbons (Fsp3) is 0.600. The maximum Gasteiger partial charge on any atom is 0.328 e. The van der Waals surface area contributed by atoms with Gasteiger partial charge >= 0.3 is 12.0 Å². The number of rotatable bonds is 6. The molecule has 0 aliphatic rings. The van der Waals surface area contributed by atoms with Crippen molar-refractivity contribution in [1.29, 1.82) is 0 Å². The largest absolute Gasteiger partial charge is 0.480 e. The molecule has 90 valence electrons. The van der Waals surface area contributed by atoms with Gasteiger partial charge in [-0.05, 0) is 13.8 Å². The fourth-order valence-electron chi connectivity index (χ4n) is 0.749. The van der Waals surface area contributed by atoms with E-state index in [0.717, 1.165) is 0 Å². The Hall–Kier alpha value is -1.35. The minimum atomic E-state index is -1.27. The SMILES string of the molecule is C#CCSCCNC(=O)NC(C)(C)C(=O)O. The highest BCUT2D eigenvalue weighted by Gasteiger charge is 2.28. The summed E-state index contributed by atoms with van der Waals surface area (Å²) in [7, 11) is 0. The number of hydrogen-bond acceptors (Lipinski definition) is 3. The first kappa shape index (κ1) is 14.6. The minimum Gasteiger partial charge on any atom is -0.480 e. The molecular formula is C10H16N2O3S. The van der Waals surface area contributed by atoms with Crippen molar-refractivity contribution in [2.75, 3.05) is 18.1 Å². The molecule has 0 aromatic carbocycles. The summed E-state index contributed by atoms with van der Waals surface area (Å²) in [4.78, 5) is 22.0. The van der Waals surface area contributed by atoms with E-state index >= 15 is 0 Å². The summed E-state index contributed by atoms with van der Waals surface area (Å²) in [6.45, 7) is 3.29. The van der Waals surface area contributed by atoms with Gasteiger partial charge in [0.2, 0.25) is 0 Å². The van der Waals surface area contributed by atoms with Gasteiger partial charge in [-0.15, -0.1) is 18.2 Å². The Morgan fingerprint density at radius 3 is 2.62 bits per heavy atom. The third-order valence-corrected chi connectivity index (χ3v) is 2.54. The van der Waals surface area contributed by atoms with E-state index in [1.807, 2.05) is 0 Å². The lowest BCUT2D eigenvalue weighted by atomic mass is 10.1. The average molecular weight is 244 g/mol. The lowest BCUT2D eigenvalue weighted by molar-refractivity contribution is -0.142. The summed E-state index contributed by atoms with van der Waals surface area (Å²) >= 11 is 1.52. The van der Waals surface area contributed by atoms with Gasteiger partial charge in [0.15, 0.2) is 0 Å². The van der Waals surface area contributed by atoms with Crippen molar-refractivity contribution < 1.29 is 14.7 Å². The van der Waals surface area contributed by atoms with Crippen LogP contribution in [0.15, 0.2) is 0 Å². The van der Waals surface area contributed by atoms with Crippen molar-refractivity contribution in [1.82, 2.24) is 10.6 Å². The second-order valence-corrected chi connectivity index (χ2v) is 4.67. The zero-order chi connectivity index (χ0) is 12.6. The van der Waals surface area contributed by atoms with Crippen LogP contribution in [0.3, 0.4) is 0 Å². The van der Waals surface area contributed by atoms with Gasteiger partial charge in [0, 0.05) is 12.3 Å². The number of amides is 2. The first-order valence-corrected chi connectivity index (χ1v) is 5.86. The topological polar surface area (TPSA) is 78.4 Å². The molecule has 0 unspecified atom stereocenters. The lowest BCUT2D eigenvalue weighted by Crippen LogP contribution is -2.53. The number of hydrogen-bond donors (Lipinski definition) is 3. The van der Waals surface area contributed by atoms with E-state index in [4.69, 9.17) is 11.5 Å².